The van der Waals surface area contributed by atoms with E-state index in [-0.39, 0.29) is 0 Å². The normalized spacial score (nSPS) is 11.1. The predicted molar refractivity (Wildman–Crippen MR) is 88.0 cm³/mol. The van der Waals surface area contributed by atoms with Crippen molar-refractivity contribution in [3.8, 4) is 11.7 Å². The number of likely N-dealkylation sites (N-methyl/N-ethyl adjacent to an activating group) is 2. The molecular formula is C17H20N4O2. The average Bonchev–Trinajstić information content (AvgIpc) is 3.24. The van der Waals surface area contributed by atoms with Gasteiger partial charge in [0.15, 0.2) is 5.76 Å². The first-order valence-electron chi connectivity index (χ1n) is 7.53. The summed E-state index contributed by atoms with van der Waals surface area (Å²) in [6.45, 7) is 2.42. The average molecular weight is 312 g/mol. The molecule has 120 valence electrons. The largest absolute Gasteiger partial charge is 0.459 e. The van der Waals surface area contributed by atoms with Crippen LogP contribution in [0.4, 0.5) is 5.69 Å². The minimum atomic E-state index is 0.416. The van der Waals surface area contributed by atoms with Gasteiger partial charge in [-0.15, -0.1) is 10.2 Å². The molecule has 0 aliphatic carbocycles. The van der Waals surface area contributed by atoms with Gasteiger partial charge in [0, 0.05) is 25.8 Å². The highest BCUT2D eigenvalue weighted by Gasteiger charge is 2.12. The SMILES string of the molecule is CN(CCN(C)c1ccccc1)Cc1nnc(-c2ccco2)o1. The van der Waals surface area contributed by atoms with Gasteiger partial charge in [-0.25, -0.2) is 0 Å². The van der Waals surface area contributed by atoms with Gasteiger partial charge in [0.1, 0.15) is 0 Å². The van der Waals surface area contributed by atoms with Gasteiger partial charge in [-0.1, -0.05) is 18.2 Å². The van der Waals surface area contributed by atoms with Crippen LogP contribution in [0.2, 0.25) is 0 Å². The van der Waals surface area contributed by atoms with E-state index in [2.05, 4.69) is 39.2 Å². The molecule has 0 atom stereocenters. The number of nitrogens with zero attached hydrogens (tertiary/aromatic N) is 4. The van der Waals surface area contributed by atoms with Crippen molar-refractivity contribution in [2.45, 2.75) is 6.54 Å². The fourth-order valence-corrected chi connectivity index (χ4v) is 2.26. The van der Waals surface area contributed by atoms with E-state index in [0.717, 1.165) is 13.1 Å². The van der Waals surface area contributed by atoms with Gasteiger partial charge in [0.2, 0.25) is 5.89 Å². The third kappa shape index (κ3) is 3.98. The molecule has 0 aliphatic heterocycles. The third-order valence-electron chi connectivity index (χ3n) is 3.62. The van der Waals surface area contributed by atoms with Crippen LogP contribution in [0.5, 0.6) is 0 Å². The molecule has 0 bridgehead atoms. The van der Waals surface area contributed by atoms with E-state index in [1.807, 2.05) is 25.2 Å². The highest BCUT2D eigenvalue weighted by Crippen LogP contribution is 2.18. The Hall–Kier alpha value is -2.60. The number of para-hydroxylation sites is 1. The van der Waals surface area contributed by atoms with Crippen LogP contribution in [-0.2, 0) is 6.54 Å². The molecule has 2 heterocycles. The van der Waals surface area contributed by atoms with E-state index in [4.69, 9.17) is 8.83 Å². The van der Waals surface area contributed by atoms with Crippen LogP contribution in [0.25, 0.3) is 11.7 Å². The fourth-order valence-electron chi connectivity index (χ4n) is 2.26. The molecule has 2 aromatic heterocycles. The number of aromatic nitrogens is 2. The molecular weight excluding hydrogens is 292 g/mol. The number of benzene rings is 1. The standard InChI is InChI=1S/C17H20N4O2/c1-20(10-11-21(2)14-7-4-3-5-8-14)13-16-18-19-17(23-16)15-9-6-12-22-15/h3-9,12H,10-11,13H2,1-2H3. The van der Waals surface area contributed by atoms with E-state index in [9.17, 15) is 0 Å². The first kappa shape index (κ1) is 15.3. The molecule has 0 spiro atoms. The van der Waals surface area contributed by atoms with E-state index in [1.54, 1.807) is 18.4 Å². The Morgan fingerprint density at radius 2 is 1.78 bits per heavy atom. The lowest BCUT2D eigenvalue weighted by Gasteiger charge is -2.22. The Balaban J connectivity index is 1.51. The lowest BCUT2D eigenvalue weighted by atomic mass is 10.3. The summed E-state index contributed by atoms with van der Waals surface area (Å²) >= 11 is 0. The molecule has 0 N–H and O–H groups in total. The molecule has 0 fully saturated rings. The highest BCUT2D eigenvalue weighted by molar-refractivity contribution is 5.45. The summed E-state index contributed by atoms with van der Waals surface area (Å²) in [4.78, 5) is 4.37. The summed E-state index contributed by atoms with van der Waals surface area (Å²) < 4.78 is 10.9. The minimum absolute atomic E-state index is 0.416. The molecule has 0 amide bonds. The van der Waals surface area contributed by atoms with Gasteiger partial charge in [-0.05, 0) is 31.3 Å². The Labute approximate surface area is 135 Å². The van der Waals surface area contributed by atoms with Gasteiger partial charge in [-0.3, -0.25) is 4.90 Å². The van der Waals surface area contributed by atoms with Crippen molar-refractivity contribution in [1.82, 2.24) is 15.1 Å². The maximum Gasteiger partial charge on any atom is 0.283 e. The maximum atomic E-state index is 5.62. The zero-order chi connectivity index (χ0) is 16.1. The lowest BCUT2D eigenvalue weighted by molar-refractivity contribution is 0.295. The quantitative estimate of drug-likeness (QED) is 0.668. The summed E-state index contributed by atoms with van der Waals surface area (Å²) in [6.07, 6.45) is 1.59. The Kier molecular flexibility index (Phi) is 4.73. The molecule has 3 rings (SSSR count). The van der Waals surface area contributed by atoms with E-state index in [0.29, 0.717) is 24.1 Å². The smallest absolute Gasteiger partial charge is 0.283 e. The number of hydrogen-bond donors (Lipinski definition) is 0. The summed E-state index contributed by atoms with van der Waals surface area (Å²) in [5, 5.41) is 8.07. The molecule has 3 aromatic rings. The number of hydrogen-bond acceptors (Lipinski definition) is 6. The van der Waals surface area contributed by atoms with Crippen molar-refractivity contribution in [1.29, 1.82) is 0 Å². The van der Waals surface area contributed by atoms with E-state index < -0.39 is 0 Å². The Morgan fingerprint density at radius 1 is 0.957 bits per heavy atom. The fraction of sp³-hybridized carbons (Fsp3) is 0.294. The third-order valence-corrected chi connectivity index (χ3v) is 3.62. The van der Waals surface area contributed by atoms with Crippen molar-refractivity contribution in [3.05, 3.63) is 54.6 Å². The predicted octanol–water partition coefficient (Wildman–Crippen LogP) is 2.90. The lowest BCUT2D eigenvalue weighted by Crippen LogP contribution is -2.30. The van der Waals surface area contributed by atoms with Crippen LogP contribution in [-0.4, -0.2) is 42.3 Å². The zero-order valence-electron chi connectivity index (χ0n) is 13.3. The van der Waals surface area contributed by atoms with Gasteiger partial charge in [0.05, 0.1) is 12.8 Å². The van der Waals surface area contributed by atoms with Crippen molar-refractivity contribution in [2.24, 2.45) is 0 Å². The second-order valence-corrected chi connectivity index (χ2v) is 5.47. The first-order chi connectivity index (χ1) is 11.2. The first-order valence-corrected chi connectivity index (χ1v) is 7.53. The van der Waals surface area contributed by atoms with Crippen LogP contribution in [0.3, 0.4) is 0 Å². The summed E-state index contributed by atoms with van der Waals surface area (Å²) in [5.74, 6) is 1.59. The van der Waals surface area contributed by atoms with Crippen LogP contribution >= 0.6 is 0 Å². The van der Waals surface area contributed by atoms with Crippen molar-refractivity contribution < 1.29 is 8.83 Å². The minimum Gasteiger partial charge on any atom is -0.459 e. The molecule has 0 radical (unpaired) electrons. The van der Waals surface area contributed by atoms with Gasteiger partial charge in [0.25, 0.3) is 5.89 Å². The Morgan fingerprint density at radius 3 is 2.52 bits per heavy atom. The highest BCUT2D eigenvalue weighted by atomic mass is 16.4. The second-order valence-electron chi connectivity index (χ2n) is 5.47. The van der Waals surface area contributed by atoms with Crippen molar-refractivity contribution in [2.75, 3.05) is 32.1 Å². The molecule has 0 saturated heterocycles. The summed E-state index contributed by atoms with van der Waals surface area (Å²) in [5.41, 5.74) is 1.21. The number of rotatable bonds is 7. The molecule has 23 heavy (non-hydrogen) atoms. The summed E-state index contributed by atoms with van der Waals surface area (Å²) in [7, 11) is 4.13. The van der Waals surface area contributed by atoms with E-state index in [1.165, 1.54) is 5.69 Å². The van der Waals surface area contributed by atoms with Crippen LogP contribution < -0.4 is 4.90 Å². The number of anilines is 1. The van der Waals surface area contributed by atoms with Gasteiger partial charge < -0.3 is 13.7 Å². The maximum absolute atomic E-state index is 5.62. The van der Waals surface area contributed by atoms with Crippen LogP contribution in [0, 0.1) is 0 Å². The molecule has 0 saturated carbocycles. The molecule has 6 nitrogen and oxygen atoms in total. The second kappa shape index (κ2) is 7.11. The van der Waals surface area contributed by atoms with E-state index >= 15 is 0 Å². The molecule has 0 unspecified atom stereocenters. The van der Waals surface area contributed by atoms with Crippen LogP contribution in [0.15, 0.2) is 57.6 Å². The topological polar surface area (TPSA) is 58.5 Å². The molecule has 0 aliphatic rings. The van der Waals surface area contributed by atoms with Crippen LogP contribution in [0.1, 0.15) is 5.89 Å². The monoisotopic (exact) mass is 312 g/mol. The molecule has 1 aromatic carbocycles. The summed E-state index contributed by atoms with van der Waals surface area (Å²) in [6, 6.07) is 13.9. The Bertz CT molecular complexity index is 709. The van der Waals surface area contributed by atoms with Gasteiger partial charge >= 0.3 is 0 Å². The zero-order valence-corrected chi connectivity index (χ0v) is 13.3. The van der Waals surface area contributed by atoms with Crippen molar-refractivity contribution >= 4 is 5.69 Å². The van der Waals surface area contributed by atoms with Crippen molar-refractivity contribution in [3.63, 3.8) is 0 Å². The van der Waals surface area contributed by atoms with Gasteiger partial charge in [-0.2, -0.15) is 0 Å². The molecule has 6 heteroatoms. The number of furan rings is 1.